The van der Waals surface area contributed by atoms with Crippen LogP contribution in [0.5, 0.6) is 0 Å². The molecule has 0 amide bonds. The number of benzene rings is 1. The molecule has 0 saturated carbocycles. The van der Waals surface area contributed by atoms with E-state index >= 15 is 0 Å². The third kappa shape index (κ3) is 3.13. The lowest BCUT2D eigenvalue weighted by atomic mass is 10.0. The molecule has 0 aliphatic carbocycles. The van der Waals surface area contributed by atoms with Crippen LogP contribution >= 0.6 is 0 Å². The number of nitro groups is 1. The molecule has 1 aromatic carbocycles. The molecule has 1 unspecified atom stereocenters. The molecular weight excluding hydrogens is 227 g/mol. The molecule has 0 aliphatic heterocycles. The van der Waals surface area contributed by atoms with E-state index in [1.165, 1.54) is 12.1 Å². The second-order valence-electron chi connectivity index (χ2n) is 4.07. The van der Waals surface area contributed by atoms with Gasteiger partial charge in [0.1, 0.15) is 5.69 Å². The van der Waals surface area contributed by atoms with Gasteiger partial charge in [-0.15, -0.1) is 0 Å². The fraction of sp³-hybridized carbons (Fsp3) is 0.455. The molecule has 0 saturated heterocycles. The smallest absolute Gasteiger partial charge is 0.327 e. The van der Waals surface area contributed by atoms with Gasteiger partial charge in [0.25, 0.3) is 0 Å². The van der Waals surface area contributed by atoms with Crippen LogP contribution in [-0.2, 0) is 0 Å². The molecule has 1 atom stereocenters. The number of anilines is 1. The summed E-state index contributed by atoms with van der Waals surface area (Å²) < 4.78 is 13.3. The number of hydrogen-bond donors (Lipinski definition) is 2. The van der Waals surface area contributed by atoms with Crippen molar-refractivity contribution in [2.75, 3.05) is 11.9 Å². The monoisotopic (exact) mass is 242 g/mol. The summed E-state index contributed by atoms with van der Waals surface area (Å²) in [7, 11) is 0. The molecule has 6 heteroatoms. The van der Waals surface area contributed by atoms with Gasteiger partial charge < -0.3 is 10.4 Å². The largest absolute Gasteiger partial charge is 0.394 e. The van der Waals surface area contributed by atoms with E-state index in [0.717, 1.165) is 6.07 Å². The SMILES string of the molecule is CC(C)C(CO)Nc1cccc(F)c1[N+](=O)[O-]. The van der Waals surface area contributed by atoms with Crippen molar-refractivity contribution in [3.8, 4) is 0 Å². The number of nitrogens with zero attached hydrogens (tertiary/aromatic N) is 1. The fourth-order valence-corrected chi connectivity index (χ4v) is 1.44. The lowest BCUT2D eigenvalue weighted by Gasteiger charge is -2.20. The second-order valence-corrected chi connectivity index (χ2v) is 4.07. The molecule has 0 fully saturated rings. The van der Waals surface area contributed by atoms with Crippen molar-refractivity contribution in [2.24, 2.45) is 5.92 Å². The van der Waals surface area contributed by atoms with E-state index in [1.807, 2.05) is 13.8 Å². The van der Waals surface area contributed by atoms with E-state index in [9.17, 15) is 14.5 Å². The van der Waals surface area contributed by atoms with Crippen LogP contribution in [0.1, 0.15) is 13.8 Å². The Morgan fingerprint density at radius 3 is 2.65 bits per heavy atom. The van der Waals surface area contributed by atoms with Crippen molar-refractivity contribution in [1.82, 2.24) is 0 Å². The molecular formula is C11H15FN2O3. The third-order valence-electron chi connectivity index (χ3n) is 2.51. The van der Waals surface area contributed by atoms with Crippen LogP contribution in [0, 0.1) is 21.8 Å². The number of hydrogen-bond acceptors (Lipinski definition) is 4. The van der Waals surface area contributed by atoms with Gasteiger partial charge in [0.15, 0.2) is 0 Å². The van der Waals surface area contributed by atoms with E-state index in [1.54, 1.807) is 0 Å². The molecule has 5 nitrogen and oxygen atoms in total. The maximum atomic E-state index is 13.3. The summed E-state index contributed by atoms with van der Waals surface area (Å²) in [4.78, 5) is 9.97. The Hall–Kier alpha value is -1.69. The van der Waals surface area contributed by atoms with Gasteiger partial charge >= 0.3 is 5.69 Å². The molecule has 0 heterocycles. The standard InChI is InChI=1S/C11H15FN2O3/c1-7(2)10(6-15)13-9-5-3-4-8(12)11(9)14(16)17/h3-5,7,10,13,15H,6H2,1-2H3. The molecule has 2 N–H and O–H groups in total. The van der Waals surface area contributed by atoms with E-state index < -0.39 is 16.4 Å². The number of nitro benzene ring substituents is 1. The predicted octanol–water partition coefficient (Wildman–Crippen LogP) is 2.16. The minimum Gasteiger partial charge on any atom is -0.394 e. The minimum atomic E-state index is -0.888. The average Bonchev–Trinajstić information content (AvgIpc) is 2.24. The van der Waals surface area contributed by atoms with Gasteiger partial charge in [0, 0.05) is 0 Å². The Balaban J connectivity index is 3.05. The van der Waals surface area contributed by atoms with Crippen LogP contribution in [0.2, 0.25) is 0 Å². The molecule has 0 aromatic heterocycles. The summed E-state index contributed by atoms with van der Waals surface area (Å²) in [5.41, 5.74) is -0.505. The summed E-state index contributed by atoms with van der Waals surface area (Å²) in [5, 5.41) is 22.7. The summed E-state index contributed by atoms with van der Waals surface area (Å²) in [6.45, 7) is 3.55. The van der Waals surface area contributed by atoms with Gasteiger partial charge in [-0.2, -0.15) is 4.39 Å². The van der Waals surface area contributed by atoms with Crippen molar-refractivity contribution in [3.63, 3.8) is 0 Å². The molecule has 0 spiro atoms. The van der Waals surface area contributed by atoms with Crippen LogP contribution < -0.4 is 5.32 Å². The van der Waals surface area contributed by atoms with Gasteiger partial charge in [-0.1, -0.05) is 19.9 Å². The zero-order valence-corrected chi connectivity index (χ0v) is 9.68. The number of rotatable bonds is 5. The molecule has 0 aliphatic rings. The summed E-state index contributed by atoms with van der Waals surface area (Å²) in [6.07, 6.45) is 0. The first-order chi connectivity index (χ1) is 7.97. The Morgan fingerprint density at radius 1 is 1.53 bits per heavy atom. The van der Waals surface area contributed by atoms with Gasteiger partial charge in [-0.3, -0.25) is 10.1 Å². The first kappa shape index (κ1) is 13.4. The topological polar surface area (TPSA) is 75.4 Å². The molecule has 0 radical (unpaired) electrons. The highest BCUT2D eigenvalue weighted by Gasteiger charge is 2.22. The van der Waals surface area contributed by atoms with Gasteiger partial charge in [-0.05, 0) is 18.1 Å². The predicted molar refractivity (Wildman–Crippen MR) is 62.4 cm³/mol. The van der Waals surface area contributed by atoms with Gasteiger partial charge in [0.2, 0.25) is 5.82 Å². The second kappa shape index (κ2) is 5.58. The summed E-state index contributed by atoms with van der Waals surface area (Å²) >= 11 is 0. The fourth-order valence-electron chi connectivity index (χ4n) is 1.44. The molecule has 1 rings (SSSR count). The Labute approximate surface area is 98.4 Å². The minimum absolute atomic E-state index is 0.0721. The van der Waals surface area contributed by atoms with E-state index in [4.69, 9.17) is 5.11 Å². The van der Waals surface area contributed by atoms with Gasteiger partial charge in [-0.25, -0.2) is 0 Å². The normalized spacial score (nSPS) is 12.5. The van der Waals surface area contributed by atoms with Crippen LogP contribution in [-0.4, -0.2) is 22.7 Å². The Bertz CT molecular complexity index is 410. The van der Waals surface area contributed by atoms with Crippen LogP contribution in [0.3, 0.4) is 0 Å². The van der Waals surface area contributed by atoms with E-state index in [-0.39, 0.29) is 24.3 Å². The maximum absolute atomic E-state index is 13.3. The first-order valence-corrected chi connectivity index (χ1v) is 5.27. The van der Waals surface area contributed by atoms with Crippen molar-refractivity contribution < 1.29 is 14.4 Å². The Morgan fingerprint density at radius 2 is 2.18 bits per heavy atom. The van der Waals surface area contributed by atoms with Crippen molar-refractivity contribution in [2.45, 2.75) is 19.9 Å². The number of nitrogens with one attached hydrogen (secondary N) is 1. The average molecular weight is 242 g/mol. The zero-order chi connectivity index (χ0) is 13.0. The lowest BCUT2D eigenvalue weighted by Crippen LogP contribution is -2.29. The van der Waals surface area contributed by atoms with Crippen LogP contribution in [0.4, 0.5) is 15.8 Å². The first-order valence-electron chi connectivity index (χ1n) is 5.27. The highest BCUT2D eigenvalue weighted by Crippen LogP contribution is 2.28. The van der Waals surface area contributed by atoms with E-state index in [0.29, 0.717) is 0 Å². The number of para-hydroxylation sites is 1. The summed E-state index contributed by atoms with van der Waals surface area (Å²) in [6, 6.07) is 3.49. The molecule has 94 valence electrons. The Kier molecular flexibility index (Phi) is 4.39. The van der Waals surface area contributed by atoms with E-state index in [2.05, 4.69) is 5.32 Å². The zero-order valence-electron chi connectivity index (χ0n) is 9.68. The van der Waals surface area contributed by atoms with Crippen molar-refractivity contribution in [1.29, 1.82) is 0 Å². The van der Waals surface area contributed by atoms with Crippen molar-refractivity contribution >= 4 is 11.4 Å². The number of aliphatic hydroxyl groups is 1. The molecule has 1 aromatic rings. The van der Waals surface area contributed by atoms with Crippen molar-refractivity contribution in [3.05, 3.63) is 34.1 Å². The third-order valence-corrected chi connectivity index (χ3v) is 2.51. The number of halogens is 1. The number of aliphatic hydroxyl groups excluding tert-OH is 1. The molecule has 0 bridgehead atoms. The van der Waals surface area contributed by atoms with Crippen LogP contribution in [0.25, 0.3) is 0 Å². The maximum Gasteiger partial charge on any atom is 0.327 e. The summed E-state index contributed by atoms with van der Waals surface area (Å²) in [5.74, 6) is -0.816. The highest BCUT2D eigenvalue weighted by molar-refractivity contribution is 5.62. The quantitative estimate of drug-likeness (QED) is 0.612. The van der Waals surface area contributed by atoms with Crippen LogP contribution in [0.15, 0.2) is 18.2 Å². The molecule has 17 heavy (non-hydrogen) atoms. The highest BCUT2D eigenvalue weighted by atomic mass is 19.1. The lowest BCUT2D eigenvalue weighted by molar-refractivity contribution is -0.386. The van der Waals surface area contributed by atoms with Gasteiger partial charge in [0.05, 0.1) is 17.6 Å².